The number of carbonyl (C=O) groups excluding carboxylic acids is 3. The van der Waals surface area contributed by atoms with Gasteiger partial charge in [0.2, 0.25) is 0 Å². The van der Waals surface area contributed by atoms with Crippen LogP contribution in [0.3, 0.4) is 0 Å². The van der Waals surface area contributed by atoms with Crippen LogP contribution >= 0.6 is 15.9 Å². The van der Waals surface area contributed by atoms with Crippen molar-refractivity contribution in [3.63, 3.8) is 0 Å². The Morgan fingerprint density at radius 1 is 1.03 bits per heavy atom. The molecule has 3 aromatic carbocycles. The molecule has 11 heteroatoms. The van der Waals surface area contributed by atoms with Gasteiger partial charge in [0, 0.05) is 12.1 Å². The van der Waals surface area contributed by atoms with Gasteiger partial charge in [-0.1, -0.05) is 18.2 Å². The van der Waals surface area contributed by atoms with E-state index in [1.807, 2.05) is 6.92 Å². The van der Waals surface area contributed by atoms with E-state index in [1.165, 1.54) is 18.2 Å². The highest BCUT2D eigenvalue weighted by Crippen LogP contribution is 2.29. The number of nitro benzene ring substituents is 1. The van der Waals surface area contributed by atoms with E-state index in [2.05, 4.69) is 21.2 Å². The molecule has 1 aliphatic rings. The van der Waals surface area contributed by atoms with Gasteiger partial charge in [-0.15, -0.1) is 0 Å². The van der Waals surface area contributed by atoms with Crippen LogP contribution in [0.15, 0.2) is 76.8 Å². The van der Waals surface area contributed by atoms with Gasteiger partial charge in [0.05, 0.1) is 21.7 Å². The van der Waals surface area contributed by atoms with E-state index in [0.717, 1.165) is 4.90 Å². The third-order valence-corrected chi connectivity index (χ3v) is 5.91. The number of rotatable bonds is 8. The van der Waals surface area contributed by atoms with Crippen molar-refractivity contribution < 1.29 is 28.8 Å². The molecule has 0 radical (unpaired) electrons. The Balaban J connectivity index is 1.52. The second-order valence-corrected chi connectivity index (χ2v) is 8.64. The summed E-state index contributed by atoms with van der Waals surface area (Å²) in [5.74, 6) is -0.529. The first-order valence-corrected chi connectivity index (χ1v) is 11.9. The molecule has 0 aromatic heterocycles. The van der Waals surface area contributed by atoms with Gasteiger partial charge in [0.1, 0.15) is 23.7 Å². The van der Waals surface area contributed by atoms with E-state index in [9.17, 15) is 24.5 Å². The topological polar surface area (TPSA) is 128 Å². The Morgan fingerprint density at radius 2 is 1.78 bits per heavy atom. The molecule has 1 N–H and O–H groups in total. The van der Waals surface area contributed by atoms with Crippen molar-refractivity contribution in [2.24, 2.45) is 0 Å². The van der Waals surface area contributed by atoms with Crippen molar-refractivity contribution in [2.75, 3.05) is 11.5 Å². The molecule has 4 amide bonds. The maximum Gasteiger partial charge on any atom is 0.335 e. The lowest BCUT2D eigenvalue weighted by Crippen LogP contribution is -2.54. The monoisotopic (exact) mass is 565 g/mol. The minimum absolute atomic E-state index is 0.0321. The number of non-ortho nitro benzene ring substituents is 1. The first-order chi connectivity index (χ1) is 17.8. The van der Waals surface area contributed by atoms with Gasteiger partial charge < -0.3 is 9.47 Å². The first kappa shape index (κ1) is 25.6. The fourth-order valence-corrected chi connectivity index (χ4v) is 4.07. The lowest BCUT2D eigenvalue weighted by molar-refractivity contribution is -0.384. The Hall–Kier alpha value is -4.51. The SMILES string of the molecule is CCOc1ccc(N2C(=O)NC(=O)/C(=C\c3ccc(OCc4cccc([N+](=O)[O-])c4)c(Br)c3)C2=O)cc1. The van der Waals surface area contributed by atoms with Gasteiger partial charge in [0.15, 0.2) is 0 Å². The molecule has 0 aliphatic carbocycles. The zero-order valence-corrected chi connectivity index (χ0v) is 21.1. The zero-order valence-electron chi connectivity index (χ0n) is 19.5. The largest absolute Gasteiger partial charge is 0.494 e. The standard InChI is InChI=1S/C26H20BrN3O7/c1-2-36-20-9-7-18(8-10-20)29-25(32)21(24(31)28-26(29)33)13-16-6-11-23(22(27)14-16)37-15-17-4-3-5-19(12-17)30(34)35/h3-14H,2,15H2,1H3,(H,28,31,33)/b21-13+. The van der Waals surface area contributed by atoms with Crippen LogP contribution in [0.2, 0.25) is 0 Å². The van der Waals surface area contributed by atoms with E-state index in [-0.39, 0.29) is 23.6 Å². The number of hydrogen-bond donors (Lipinski definition) is 1. The van der Waals surface area contributed by atoms with Gasteiger partial charge in [0.25, 0.3) is 17.5 Å². The van der Waals surface area contributed by atoms with Gasteiger partial charge in [-0.3, -0.25) is 25.0 Å². The number of amides is 4. The van der Waals surface area contributed by atoms with Crippen LogP contribution in [-0.4, -0.2) is 29.4 Å². The predicted molar refractivity (Wildman–Crippen MR) is 138 cm³/mol. The Bertz CT molecular complexity index is 1420. The third-order valence-electron chi connectivity index (χ3n) is 5.29. The molecule has 3 aromatic rings. The number of hydrogen-bond acceptors (Lipinski definition) is 7. The van der Waals surface area contributed by atoms with E-state index in [1.54, 1.807) is 54.6 Å². The van der Waals surface area contributed by atoms with Crippen molar-refractivity contribution >= 4 is 51.2 Å². The van der Waals surface area contributed by atoms with Crippen molar-refractivity contribution in [1.82, 2.24) is 5.32 Å². The van der Waals surface area contributed by atoms with Crippen molar-refractivity contribution in [1.29, 1.82) is 0 Å². The Morgan fingerprint density at radius 3 is 2.46 bits per heavy atom. The number of barbiturate groups is 1. The summed E-state index contributed by atoms with van der Waals surface area (Å²) in [7, 11) is 0. The third kappa shape index (κ3) is 5.84. The molecule has 1 saturated heterocycles. The number of nitro groups is 1. The number of carbonyl (C=O) groups is 3. The predicted octanol–water partition coefficient (Wildman–Crippen LogP) is 5.00. The molecule has 0 bridgehead atoms. The molecule has 0 spiro atoms. The summed E-state index contributed by atoms with van der Waals surface area (Å²) < 4.78 is 11.7. The maximum atomic E-state index is 13.1. The summed E-state index contributed by atoms with van der Waals surface area (Å²) in [6.45, 7) is 2.41. The number of halogens is 1. The first-order valence-electron chi connectivity index (χ1n) is 11.1. The molecule has 37 heavy (non-hydrogen) atoms. The highest BCUT2D eigenvalue weighted by molar-refractivity contribution is 9.10. The molecule has 10 nitrogen and oxygen atoms in total. The van der Waals surface area contributed by atoms with E-state index in [4.69, 9.17) is 9.47 Å². The molecule has 0 unspecified atom stereocenters. The lowest BCUT2D eigenvalue weighted by Gasteiger charge is -2.26. The number of imide groups is 2. The number of nitrogens with zero attached hydrogens (tertiary/aromatic N) is 2. The summed E-state index contributed by atoms with van der Waals surface area (Å²) in [4.78, 5) is 49.4. The van der Waals surface area contributed by atoms with Gasteiger partial charge in [-0.05, 0) is 76.5 Å². The van der Waals surface area contributed by atoms with Crippen LogP contribution in [0.25, 0.3) is 6.08 Å². The lowest BCUT2D eigenvalue weighted by atomic mass is 10.1. The Kier molecular flexibility index (Phi) is 7.63. The van der Waals surface area contributed by atoms with Crippen LogP contribution in [0.5, 0.6) is 11.5 Å². The van der Waals surface area contributed by atoms with Crippen LogP contribution in [0.1, 0.15) is 18.1 Å². The fourth-order valence-electron chi connectivity index (χ4n) is 3.56. The van der Waals surface area contributed by atoms with Gasteiger partial charge >= 0.3 is 6.03 Å². The number of benzene rings is 3. The van der Waals surface area contributed by atoms with Crippen LogP contribution in [0, 0.1) is 10.1 Å². The van der Waals surface area contributed by atoms with Gasteiger partial charge in [-0.25, -0.2) is 9.69 Å². The van der Waals surface area contributed by atoms with Crippen molar-refractivity contribution in [2.45, 2.75) is 13.5 Å². The molecule has 0 atom stereocenters. The molecule has 4 rings (SSSR count). The number of urea groups is 1. The summed E-state index contributed by atoms with van der Waals surface area (Å²) in [6.07, 6.45) is 1.38. The van der Waals surface area contributed by atoms with Crippen molar-refractivity contribution in [3.8, 4) is 11.5 Å². The van der Waals surface area contributed by atoms with Crippen LogP contribution < -0.4 is 19.7 Å². The minimum Gasteiger partial charge on any atom is -0.494 e. The quantitative estimate of drug-likeness (QED) is 0.176. The molecule has 0 saturated carbocycles. The summed E-state index contributed by atoms with van der Waals surface area (Å²) in [5.41, 5.74) is 1.17. The van der Waals surface area contributed by atoms with E-state index >= 15 is 0 Å². The molecule has 1 fully saturated rings. The molecular weight excluding hydrogens is 546 g/mol. The van der Waals surface area contributed by atoms with Crippen LogP contribution in [0.4, 0.5) is 16.2 Å². The fraction of sp³-hybridized carbons (Fsp3) is 0.115. The smallest absolute Gasteiger partial charge is 0.335 e. The normalized spacial score (nSPS) is 14.5. The van der Waals surface area contributed by atoms with Crippen molar-refractivity contribution in [3.05, 3.63) is 98.0 Å². The second-order valence-electron chi connectivity index (χ2n) is 7.79. The summed E-state index contributed by atoms with van der Waals surface area (Å²) >= 11 is 3.41. The van der Waals surface area contributed by atoms with Gasteiger partial charge in [-0.2, -0.15) is 0 Å². The summed E-state index contributed by atoms with van der Waals surface area (Å²) in [5, 5.41) is 13.1. The molecular formula is C26H20BrN3O7. The number of nitrogens with one attached hydrogen (secondary N) is 1. The summed E-state index contributed by atoms with van der Waals surface area (Å²) in [6, 6.07) is 16.6. The molecule has 1 aliphatic heterocycles. The average Bonchev–Trinajstić information content (AvgIpc) is 2.87. The van der Waals surface area contributed by atoms with E-state index < -0.39 is 22.8 Å². The highest BCUT2D eigenvalue weighted by Gasteiger charge is 2.36. The highest BCUT2D eigenvalue weighted by atomic mass is 79.9. The number of ether oxygens (including phenoxy) is 2. The zero-order chi connectivity index (χ0) is 26.5. The second kappa shape index (κ2) is 11.0. The maximum absolute atomic E-state index is 13.1. The Labute approximate surface area is 219 Å². The molecule has 1 heterocycles. The van der Waals surface area contributed by atoms with Crippen LogP contribution in [-0.2, 0) is 16.2 Å². The number of anilines is 1. The molecule has 188 valence electrons. The minimum atomic E-state index is -0.845. The average molecular weight is 566 g/mol. The van der Waals surface area contributed by atoms with E-state index in [0.29, 0.717) is 33.7 Å².